The van der Waals surface area contributed by atoms with Crippen LogP contribution in [0.15, 0.2) is 18.3 Å². The van der Waals surface area contributed by atoms with Crippen LogP contribution in [0.2, 0.25) is 0 Å². The average Bonchev–Trinajstić information content (AvgIpc) is 2.38. The monoisotopic (exact) mass is 251 g/mol. The molecule has 0 aliphatic rings. The van der Waals surface area contributed by atoms with E-state index in [4.69, 9.17) is 0 Å². The molecule has 0 amide bonds. The van der Waals surface area contributed by atoms with Crippen LogP contribution in [0.4, 0.5) is 0 Å². The van der Waals surface area contributed by atoms with Crippen molar-refractivity contribution in [3.05, 3.63) is 29.6 Å². The first kappa shape index (κ1) is 14.6. The van der Waals surface area contributed by atoms with Crippen molar-refractivity contribution in [1.29, 1.82) is 0 Å². The van der Waals surface area contributed by atoms with Crippen LogP contribution >= 0.6 is 11.8 Å². The standard InChI is InChI=1S/C15H25NS/c1-6-10-15(4,17-5)14-9-8-13(11-16-14)12(3)7-2/h8-9,11-12H,6-7,10H2,1-5H3. The van der Waals surface area contributed by atoms with E-state index in [9.17, 15) is 0 Å². The number of pyridine rings is 1. The molecule has 0 saturated heterocycles. The Morgan fingerprint density at radius 1 is 1.35 bits per heavy atom. The van der Waals surface area contributed by atoms with Crippen molar-refractivity contribution >= 4 is 11.8 Å². The lowest BCUT2D eigenvalue weighted by Crippen LogP contribution is -2.18. The van der Waals surface area contributed by atoms with Crippen molar-refractivity contribution in [2.75, 3.05) is 6.26 Å². The Balaban J connectivity index is 2.92. The fraction of sp³-hybridized carbons (Fsp3) is 0.667. The predicted octanol–water partition coefficient (Wildman–Crippen LogP) is 4.97. The molecule has 1 aromatic rings. The van der Waals surface area contributed by atoms with Crippen LogP contribution in [0.1, 0.15) is 64.1 Å². The second-order valence-corrected chi connectivity index (χ2v) is 6.28. The second kappa shape index (κ2) is 6.44. The minimum Gasteiger partial charge on any atom is -0.260 e. The molecule has 0 aliphatic carbocycles. The molecular weight excluding hydrogens is 226 g/mol. The first-order valence-electron chi connectivity index (χ1n) is 6.59. The van der Waals surface area contributed by atoms with Crippen LogP contribution < -0.4 is 0 Å². The summed E-state index contributed by atoms with van der Waals surface area (Å²) in [7, 11) is 0. The zero-order valence-electron chi connectivity index (χ0n) is 11.8. The highest BCUT2D eigenvalue weighted by Gasteiger charge is 2.25. The Morgan fingerprint density at radius 3 is 2.47 bits per heavy atom. The molecule has 0 saturated carbocycles. The van der Waals surface area contributed by atoms with Gasteiger partial charge in [0, 0.05) is 6.20 Å². The quantitative estimate of drug-likeness (QED) is 0.707. The van der Waals surface area contributed by atoms with Gasteiger partial charge in [-0.25, -0.2) is 0 Å². The lowest BCUT2D eigenvalue weighted by molar-refractivity contribution is 0.591. The van der Waals surface area contributed by atoms with Gasteiger partial charge in [-0.05, 0) is 43.6 Å². The Kier molecular flexibility index (Phi) is 5.51. The molecule has 2 heteroatoms. The minimum atomic E-state index is 0.169. The Labute approximate surface area is 110 Å². The fourth-order valence-corrected chi connectivity index (χ4v) is 2.80. The molecule has 1 aromatic heterocycles. The topological polar surface area (TPSA) is 12.9 Å². The molecule has 1 rings (SSSR count). The summed E-state index contributed by atoms with van der Waals surface area (Å²) in [4.78, 5) is 4.69. The van der Waals surface area contributed by atoms with Gasteiger partial charge in [0.25, 0.3) is 0 Å². The van der Waals surface area contributed by atoms with Gasteiger partial charge in [-0.2, -0.15) is 11.8 Å². The smallest absolute Gasteiger partial charge is 0.0561 e. The average molecular weight is 251 g/mol. The van der Waals surface area contributed by atoms with Gasteiger partial charge in [0.2, 0.25) is 0 Å². The molecule has 0 aromatic carbocycles. The molecule has 0 N–H and O–H groups in total. The van der Waals surface area contributed by atoms with E-state index >= 15 is 0 Å². The lowest BCUT2D eigenvalue weighted by Gasteiger charge is -2.26. The van der Waals surface area contributed by atoms with Crippen molar-refractivity contribution in [1.82, 2.24) is 4.98 Å². The molecule has 2 unspecified atom stereocenters. The van der Waals surface area contributed by atoms with Crippen molar-refractivity contribution < 1.29 is 0 Å². The molecule has 0 radical (unpaired) electrons. The minimum absolute atomic E-state index is 0.169. The van der Waals surface area contributed by atoms with E-state index in [1.165, 1.54) is 30.5 Å². The number of hydrogen-bond donors (Lipinski definition) is 0. The number of rotatable bonds is 6. The van der Waals surface area contributed by atoms with Crippen LogP contribution in [0.25, 0.3) is 0 Å². The molecular formula is C15H25NS. The van der Waals surface area contributed by atoms with Crippen molar-refractivity contribution in [2.24, 2.45) is 0 Å². The molecule has 17 heavy (non-hydrogen) atoms. The number of aromatic nitrogens is 1. The molecule has 2 atom stereocenters. The summed E-state index contributed by atoms with van der Waals surface area (Å²) in [5, 5.41) is 0. The van der Waals surface area contributed by atoms with E-state index in [1.807, 2.05) is 11.8 Å². The van der Waals surface area contributed by atoms with Crippen LogP contribution in [0, 0.1) is 0 Å². The Morgan fingerprint density at radius 2 is 2.06 bits per heavy atom. The van der Waals surface area contributed by atoms with Crippen molar-refractivity contribution in [2.45, 2.75) is 57.6 Å². The van der Waals surface area contributed by atoms with Crippen LogP contribution in [-0.2, 0) is 4.75 Å². The molecule has 1 nitrogen and oxygen atoms in total. The largest absolute Gasteiger partial charge is 0.260 e. The van der Waals surface area contributed by atoms with Gasteiger partial charge in [-0.1, -0.05) is 33.3 Å². The first-order valence-corrected chi connectivity index (χ1v) is 7.81. The van der Waals surface area contributed by atoms with Gasteiger partial charge in [-0.3, -0.25) is 4.98 Å². The number of thioether (sulfide) groups is 1. The molecule has 1 heterocycles. The van der Waals surface area contributed by atoms with Gasteiger partial charge in [-0.15, -0.1) is 0 Å². The van der Waals surface area contributed by atoms with E-state index in [0.717, 1.165) is 0 Å². The number of hydrogen-bond acceptors (Lipinski definition) is 2. The van der Waals surface area contributed by atoms with E-state index < -0.39 is 0 Å². The maximum atomic E-state index is 4.69. The fourth-order valence-electron chi connectivity index (χ4n) is 2.06. The summed E-state index contributed by atoms with van der Waals surface area (Å²) in [5.41, 5.74) is 2.58. The van der Waals surface area contributed by atoms with Crippen molar-refractivity contribution in [3.63, 3.8) is 0 Å². The van der Waals surface area contributed by atoms with Gasteiger partial charge in [0.15, 0.2) is 0 Å². The maximum absolute atomic E-state index is 4.69. The Bertz CT molecular complexity index is 333. The predicted molar refractivity (Wildman–Crippen MR) is 78.7 cm³/mol. The van der Waals surface area contributed by atoms with Crippen LogP contribution in [0.3, 0.4) is 0 Å². The number of nitrogens with zero attached hydrogens (tertiary/aromatic N) is 1. The van der Waals surface area contributed by atoms with Crippen LogP contribution in [0.5, 0.6) is 0 Å². The zero-order valence-corrected chi connectivity index (χ0v) is 12.6. The third kappa shape index (κ3) is 3.48. The summed E-state index contributed by atoms with van der Waals surface area (Å²) < 4.78 is 0.169. The Hall–Kier alpha value is -0.500. The van der Waals surface area contributed by atoms with E-state index in [1.54, 1.807) is 0 Å². The third-order valence-electron chi connectivity index (χ3n) is 3.69. The van der Waals surface area contributed by atoms with Gasteiger partial charge in [0.05, 0.1) is 10.4 Å². The molecule has 96 valence electrons. The summed E-state index contributed by atoms with van der Waals surface area (Å²) >= 11 is 1.91. The highest BCUT2D eigenvalue weighted by molar-refractivity contribution is 7.99. The first-order chi connectivity index (χ1) is 8.07. The SMILES string of the molecule is CCCC(C)(SC)c1ccc(C(C)CC)cn1. The highest BCUT2D eigenvalue weighted by Crippen LogP contribution is 2.37. The second-order valence-electron chi connectivity index (χ2n) is 4.97. The van der Waals surface area contributed by atoms with E-state index in [0.29, 0.717) is 5.92 Å². The molecule has 0 fully saturated rings. The zero-order chi connectivity index (χ0) is 12.9. The van der Waals surface area contributed by atoms with Gasteiger partial charge < -0.3 is 0 Å². The molecule has 0 spiro atoms. The van der Waals surface area contributed by atoms with Crippen molar-refractivity contribution in [3.8, 4) is 0 Å². The summed E-state index contributed by atoms with van der Waals surface area (Å²) in [6, 6.07) is 4.47. The molecule has 0 aliphatic heterocycles. The highest BCUT2D eigenvalue weighted by atomic mass is 32.2. The van der Waals surface area contributed by atoms with E-state index in [2.05, 4.69) is 57.3 Å². The lowest BCUT2D eigenvalue weighted by atomic mass is 9.96. The van der Waals surface area contributed by atoms with Gasteiger partial charge >= 0.3 is 0 Å². The maximum Gasteiger partial charge on any atom is 0.0561 e. The third-order valence-corrected chi connectivity index (χ3v) is 5.00. The summed E-state index contributed by atoms with van der Waals surface area (Å²) in [6.45, 7) is 9.02. The van der Waals surface area contributed by atoms with Gasteiger partial charge in [0.1, 0.15) is 0 Å². The summed E-state index contributed by atoms with van der Waals surface area (Å²) in [6.07, 6.45) is 7.80. The summed E-state index contributed by atoms with van der Waals surface area (Å²) in [5.74, 6) is 0.614. The van der Waals surface area contributed by atoms with E-state index in [-0.39, 0.29) is 4.75 Å². The molecule has 0 bridgehead atoms. The van der Waals surface area contributed by atoms with Crippen LogP contribution in [-0.4, -0.2) is 11.2 Å². The normalized spacial score (nSPS) is 16.5.